The van der Waals surface area contributed by atoms with Gasteiger partial charge in [0.2, 0.25) is 0 Å². The van der Waals surface area contributed by atoms with Crippen LogP contribution in [0.4, 0.5) is 0 Å². The van der Waals surface area contributed by atoms with E-state index in [1.165, 1.54) is 0 Å². The molecule has 1 N–H and O–H groups in total. The predicted molar refractivity (Wildman–Crippen MR) is 122 cm³/mol. The largest absolute Gasteiger partial charge is 0.487 e. The molecule has 0 atom stereocenters. The van der Waals surface area contributed by atoms with Crippen molar-refractivity contribution in [3.05, 3.63) is 96.8 Å². The SMILES string of the molecule is O=C(N/N=C\c1cc(Br)cc(Br)c1OCc1ccccc1)c1cccc(Br)c1. The Labute approximate surface area is 188 Å². The first-order valence-corrected chi connectivity index (χ1v) is 10.7. The van der Waals surface area contributed by atoms with Crippen LogP contribution in [0.5, 0.6) is 5.75 Å². The van der Waals surface area contributed by atoms with Crippen molar-refractivity contribution in [3.63, 3.8) is 0 Å². The second kappa shape index (κ2) is 10.0. The van der Waals surface area contributed by atoms with Crippen LogP contribution in [0.3, 0.4) is 0 Å². The highest BCUT2D eigenvalue weighted by molar-refractivity contribution is 9.11. The van der Waals surface area contributed by atoms with Crippen molar-refractivity contribution in [1.29, 1.82) is 0 Å². The molecule has 3 rings (SSSR count). The second-order valence-corrected chi connectivity index (χ2v) is 8.48. The van der Waals surface area contributed by atoms with Gasteiger partial charge in [0.15, 0.2) is 0 Å². The number of benzene rings is 3. The van der Waals surface area contributed by atoms with E-state index in [0.29, 0.717) is 17.9 Å². The molecule has 0 aliphatic carbocycles. The first-order chi connectivity index (χ1) is 13.5. The molecule has 0 heterocycles. The highest BCUT2D eigenvalue weighted by Crippen LogP contribution is 2.32. The molecule has 3 aromatic carbocycles. The maximum absolute atomic E-state index is 12.2. The molecule has 28 heavy (non-hydrogen) atoms. The normalized spacial score (nSPS) is 10.8. The van der Waals surface area contributed by atoms with Crippen LogP contribution in [0.25, 0.3) is 0 Å². The van der Waals surface area contributed by atoms with Crippen molar-refractivity contribution >= 4 is 59.9 Å². The predicted octanol–water partition coefficient (Wildman–Crippen LogP) is 6.32. The highest BCUT2D eigenvalue weighted by atomic mass is 79.9. The quantitative estimate of drug-likeness (QED) is 0.280. The van der Waals surface area contributed by atoms with Gasteiger partial charge in [0.25, 0.3) is 5.91 Å². The third-order valence-electron chi connectivity index (χ3n) is 3.72. The lowest BCUT2D eigenvalue weighted by atomic mass is 10.2. The number of hydrogen-bond donors (Lipinski definition) is 1. The standard InChI is InChI=1S/C21H15Br3N2O2/c22-17-8-4-7-15(9-17)21(27)26-25-12-16-10-18(23)11-19(24)20(16)28-13-14-5-2-1-3-6-14/h1-12H,13H2,(H,26,27)/b25-12-. The number of rotatable bonds is 6. The van der Waals surface area contributed by atoms with Gasteiger partial charge in [-0.05, 0) is 51.8 Å². The first kappa shape index (κ1) is 20.8. The average molecular weight is 567 g/mol. The number of ether oxygens (including phenoxy) is 1. The number of carbonyl (C=O) groups excluding carboxylic acids is 1. The Morgan fingerprint density at radius 3 is 2.50 bits per heavy atom. The topological polar surface area (TPSA) is 50.7 Å². The number of nitrogens with zero attached hydrogens (tertiary/aromatic N) is 1. The molecule has 7 heteroatoms. The van der Waals surface area contributed by atoms with Crippen LogP contribution >= 0.6 is 47.8 Å². The van der Waals surface area contributed by atoms with Crippen molar-refractivity contribution < 1.29 is 9.53 Å². The van der Waals surface area contributed by atoms with Crippen LogP contribution in [-0.4, -0.2) is 12.1 Å². The Bertz CT molecular complexity index is 1010. The summed E-state index contributed by atoms with van der Waals surface area (Å²) in [6.07, 6.45) is 1.56. The van der Waals surface area contributed by atoms with E-state index >= 15 is 0 Å². The van der Waals surface area contributed by atoms with Crippen LogP contribution in [0.1, 0.15) is 21.5 Å². The Balaban J connectivity index is 1.75. The van der Waals surface area contributed by atoms with Gasteiger partial charge in [0.05, 0.1) is 10.7 Å². The number of hydrogen-bond acceptors (Lipinski definition) is 3. The van der Waals surface area contributed by atoms with Crippen LogP contribution in [-0.2, 0) is 6.61 Å². The third kappa shape index (κ3) is 5.77. The van der Waals surface area contributed by atoms with E-state index in [1.54, 1.807) is 24.4 Å². The monoisotopic (exact) mass is 564 g/mol. The van der Waals surface area contributed by atoms with Gasteiger partial charge >= 0.3 is 0 Å². The summed E-state index contributed by atoms with van der Waals surface area (Å²) in [5.41, 5.74) is 4.84. The zero-order valence-electron chi connectivity index (χ0n) is 14.5. The van der Waals surface area contributed by atoms with Crippen LogP contribution in [0.2, 0.25) is 0 Å². The molecule has 1 amide bonds. The van der Waals surface area contributed by atoms with Crippen molar-refractivity contribution in [3.8, 4) is 5.75 Å². The zero-order valence-corrected chi connectivity index (χ0v) is 19.3. The molecular formula is C21H15Br3N2O2. The van der Waals surface area contributed by atoms with E-state index < -0.39 is 0 Å². The molecule has 0 aromatic heterocycles. The summed E-state index contributed by atoms with van der Waals surface area (Å²) in [5, 5.41) is 4.08. The number of nitrogens with one attached hydrogen (secondary N) is 1. The first-order valence-electron chi connectivity index (χ1n) is 8.27. The van der Waals surface area contributed by atoms with E-state index in [9.17, 15) is 4.79 Å². The lowest BCUT2D eigenvalue weighted by Crippen LogP contribution is -2.17. The van der Waals surface area contributed by atoms with Gasteiger partial charge in [-0.25, -0.2) is 5.43 Å². The highest BCUT2D eigenvalue weighted by Gasteiger charge is 2.10. The fourth-order valence-corrected chi connectivity index (χ4v) is 4.18. The summed E-state index contributed by atoms with van der Waals surface area (Å²) in [6.45, 7) is 0.423. The average Bonchev–Trinajstić information content (AvgIpc) is 2.68. The van der Waals surface area contributed by atoms with E-state index in [-0.39, 0.29) is 5.91 Å². The van der Waals surface area contributed by atoms with Crippen LogP contribution in [0, 0.1) is 0 Å². The van der Waals surface area contributed by atoms with Gasteiger partial charge in [-0.1, -0.05) is 68.3 Å². The molecule has 0 unspecified atom stereocenters. The molecule has 4 nitrogen and oxygen atoms in total. The summed E-state index contributed by atoms with van der Waals surface area (Å²) >= 11 is 10.3. The number of amides is 1. The van der Waals surface area contributed by atoms with Crippen molar-refractivity contribution in [1.82, 2.24) is 5.43 Å². The minimum absolute atomic E-state index is 0.293. The minimum atomic E-state index is -0.293. The van der Waals surface area contributed by atoms with Gasteiger partial charge in [-0.2, -0.15) is 5.10 Å². The summed E-state index contributed by atoms with van der Waals surface area (Å²) < 4.78 is 8.48. The molecular weight excluding hydrogens is 552 g/mol. The van der Waals surface area contributed by atoms with Crippen LogP contribution < -0.4 is 10.2 Å². The molecule has 0 saturated heterocycles. The minimum Gasteiger partial charge on any atom is -0.487 e. The summed E-state index contributed by atoms with van der Waals surface area (Å²) in [5.74, 6) is 0.353. The number of hydrazone groups is 1. The molecule has 0 aliphatic rings. The summed E-state index contributed by atoms with van der Waals surface area (Å²) in [7, 11) is 0. The van der Waals surface area contributed by atoms with Crippen molar-refractivity contribution in [2.45, 2.75) is 6.61 Å². The lowest BCUT2D eigenvalue weighted by Gasteiger charge is -2.12. The molecule has 3 aromatic rings. The Hall–Kier alpha value is -1.96. The fourth-order valence-electron chi connectivity index (χ4n) is 2.41. The maximum Gasteiger partial charge on any atom is 0.271 e. The molecule has 0 fully saturated rings. The van der Waals surface area contributed by atoms with E-state index in [2.05, 4.69) is 58.3 Å². The molecule has 0 spiro atoms. The van der Waals surface area contributed by atoms with Gasteiger partial charge in [0.1, 0.15) is 12.4 Å². The summed E-state index contributed by atoms with van der Waals surface area (Å²) in [6, 6.07) is 20.8. The molecule has 0 saturated carbocycles. The number of carbonyl (C=O) groups is 1. The summed E-state index contributed by atoms with van der Waals surface area (Å²) in [4.78, 5) is 12.2. The van der Waals surface area contributed by atoms with Gasteiger partial charge in [-0.15, -0.1) is 0 Å². The van der Waals surface area contributed by atoms with Crippen molar-refractivity contribution in [2.75, 3.05) is 0 Å². The lowest BCUT2D eigenvalue weighted by molar-refractivity contribution is 0.0955. The molecule has 0 bridgehead atoms. The van der Waals surface area contributed by atoms with Crippen molar-refractivity contribution in [2.24, 2.45) is 5.10 Å². The number of halogens is 3. The van der Waals surface area contributed by atoms with E-state index in [0.717, 1.165) is 24.5 Å². The molecule has 0 aliphatic heterocycles. The Morgan fingerprint density at radius 2 is 1.75 bits per heavy atom. The second-order valence-electron chi connectivity index (χ2n) is 5.79. The Morgan fingerprint density at radius 1 is 0.964 bits per heavy atom. The zero-order chi connectivity index (χ0) is 19.9. The van der Waals surface area contributed by atoms with E-state index in [4.69, 9.17) is 4.74 Å². The molecule has 0 radical (unpaired) electrons. The smallest absolute Gasteiger partial charge is 0.271 e. The van der Waals surface area contributed by atoms with Gasteiger partial charge in [-0.3, -0.25) is 4.79 Å². The Kier molecular flexibility index (Phi) is 7.42. The van der Waals surface area contributed by atoms with E-state index in [1.807, 2.05) is 48.5 Å². The van der Waals surface area contributed by atoms with Crippen LogP contribution in [0.15, 0.2) is 85.2 Å². The maximum atomic E-state index is 12.2. The van der Waals surface area contributed by atoms with Gasteiger partial charge < -0.3 is 4.74 Å². The van der Waals surface area contributed by atoms with Gasteiger partial charge in [0, 0.05) is 20.1 Å². The fraction of sp³-hybridized carbons (Fsp3) is 0.0476. The molecule has 142 valence electrons. The third-order valence-corrected chi connectivity index (χ3v) is 5.26.